The predicted molar refractivity (Wildman–Crippen MR) is 128 cm³/mol. The maximum Gasteiger partial charge on any atom is 0.119 e. The maximum atomic E-state index is 6.43. The van der Waals surface area contributed by atoms with E-state index in [0.29, 0.717) is 23.8 Å². The molecule has 30 heavy (non-hydrogen) atoms. The lowest BCUT2D eigenvalue weighted by molar-refractivity contribution is 0.123. The fourth-order valence-corrected chi connectivity index (χ4v) is 5.42. The molecule has 4 rings (SSSR count). The van der Waals surface area contributed by atoms with E-state index < -0.39 is 0 Å². The zero-order chi connectivity index (χ0) is 21.6. The quantitative estimate of drug-likeness (QED) is 0.535. The molecule has 0 saturated carbocycles. The van der Waals surface area contributed by atoms with Gasteiger partial charge in [0.1, 0.15) is 18.0 Å². The fourth-order valence-electron chi connectivity index (χ4n) is 5.42. The fraction of sp³-hybridized carbons (Fsp3) is 0.481. The van der Waals surface area contributed by atoms with E-state index in [1.54, 1.807) is 0 Å². The first-order valence-corrected chi connectivity index (χ1v) is 11.3. The molecule has 0 saturated heterocycles. The van der Waals surface area contributed by atoms with Gasteiger partial charge in [-0.25, -0.2) is 0 Å². The number of fused-ring (bicyclic) bond motifs is 1. The molecular weight excluding hydrogens is 368 g/mol. The molecular formula is C27H36N2O. The van der Waals surface area contributed by atoms with Crippen molar-refractivity contribution in [3.05, 3.63) is 72.1 Å². The molecule has 0 spiro atoms. The van der Waals surface area contributed by atoms with E-state index in [1.807, 2.05) is 6.08 Å². The summed E-state index contributed by atoms with van der Waals surface area (Å²) in [4.78, 5) is 5.12. The van der Waals surface area contributed by atoms with Crippen molar-refractivity contribution in [2.45, 2.75) is 59.4 Å². The van der Waals surface area contributed by atoms with Gasteiger partial charge in [-0.2, -0.15) is 0 Å². The van der Waals surface area contributed by atoms with Gasteiger partial charge in [0.05, 0.1) is 17.3 Å². The van der Waals surface area contributed by atoms with Crippen molar-refractivity contribution < 1.29 is 4.74 Å². The average molecular weight is 405 g/mol. The van der Waals surface area contributed by atoms with E-state index >= 15 is 0 Å². The highest BCUT2D eigenvalue weighted by Gasteiger charge is 2.49. The minimum Gasteiger partial charge on any atom is -0.490 e. The Labute approximate surface area is 182 Å². The summed E-state index contributed by atoms with van der Waals surface area (Å²) in [5, 5.41) is 0. The number of nitrogens with zero attached hydrogens (tertiary/aromatic N) is 2. The van der Waals surface area contributed by atoms with Crippen molar-refractivity contribution in [1.82, 2.24) is 0 Å². The molecule has 3 heteroatoms. The second-order valence-corrected chi connectivity index (χ2v) is 9.37. The highest BCUT2D eigenvalue weighted by molar-refractivity contribution is 5.78. The molecule has 0 amide bonds. The Balaban J connectivity index is 1.77. The van der Waals surface area contributed by atoms with Crippen LogP contribution in [-0.4, -0.2) is 25.4 Å². The van der Waals surface area contributed by atoms with Gasteiger partial charge < -0.3 is 14.5 Å². The maximum absolute atomic E-state index is 6.43. The molecule has 0 fully saturated rings. The SMILES string of the molecule is C=C/C=C\C(C)[C@@H](C)N1c2ccccc2N(C)C1C1C2=C(C=C(C)C(C)C2)OC1C. The lowest BCUT2D eigenvalue weighted by Crippen LogP contribution is -2.54. The summed E-state index contributed by atoms with van der Waals surface area (Å²) in [6, 6.07) is 9.19. The Kier molecular flexibility index (Phi) is 5.57. The molecule has 0 aromatic heterocycles. The average Bonchev–Trinajstić information content (AvgIpc) is 3.19. The highest BCUT2D eigenvalue weighted by Crippen LogP contribution is 2.50. The van der Waals surface area contributed by atoms with Crippen LogP contribution in [0.5, 0.6) is 0 Å². The Hall–Kier alpha value is -2.42. The van der Waals surface area contributed by atoms with E-state index in [0.717, 1.165) is 12.2 Å². The topological polar surface area (TPSA) is 15.7 Å². The molecule has 1 aromatic rings. The first kappa shape index (κ1) is 20.8. The molecule has 1 aliphatic carbocycles. The molecule has 3 nitrogen and oxygen atoms in total. The number of anilines is 2. The van der Waals surface area contributed by atoms with Gasteiger partial charge in [0, 0.05) is 13.1 Å². The summed E-state index contributed by atoms with van der Waals surface area (Å²) < 4.78 is 6.43. The van der Waals surface area contributed by atoms with Gasteiger partial charge >= 0.3 is 0 Å². The van der Waals surface area contributed by atoms with Crippen LogP contribution in [-0.2, 0) is 4.74 Å². The predicted octanol–water partition coefficient (Wildman–Crippen LogP) is 6.31. The van der Waals surface area contributed by atoms with Crippen LogP contribution in [0.2, 0.25) is 0 Å². The monoisotopic (exact) mass is 404 g/mol. The van der Waals surface area contributed by atoms with Crippen LogP contribution in [0.4, 0.5) is 11.4 Å². The summed E-state index contributed by atoms with van der Waals surface area (Å²) in [7, 11) is 2.25. The zero-order valence-electron chi connectivity index (χ0n) is 19.3. The Bertz CT molecular complexity index is 911. The third kappa shape index (κ3) is 3.29. The Morgan fingerprint density at radius 2 is 1.87 bits per heavy atom. The molecule has 5 unspecified atom stereocenters. The number of allylic oxidation sites excluding steroid dienone is 4. The van der Waals surface area contributed by atoms with E-state index in [9.17, 15) is 0 Å². The molecule has 2 aliphatic heterocycles. The normalized spacial score (nSPS) is 30.1. The Morgan fingerprint density at radius 1 is 1.17 bits per heavy atom. The zero-order valence-corrected chi connectivity index (χ0v) is 19.3. The summed E-state index contributed by atoms with van der Waals surface area (Å²) in [6.07, 6.45) is 10.0. The van der Waals surface area contributed by atoms with Gasteiger partial charge in [-0.05, 0) is 62.8 Å². The van der Waals surface area contributed by atoms with Gasteiger partial charge in [0.25, 0.3) is 0 Å². The van der Waals surface area contributed by atoms with Crippen LogP contribution >= 0.6 is 0 Å². The van der Waals surface area contributed by atoms with E-state index in [-0.39, 0.29) is 12.3 Å². The Morgan fingerprint density at radius 3 is 2.57 bits per heavy atom. The first-order valence-electron chi connectivity index (χ1n) is 11.3. The van der Waals surface area contributed by atoms with Crippen LogP contribution in [0.15, 0.2) is 72.1 Å². The molecule has 0 N–H and O–H groups in total. The summed E-state index contributed by atoms with van der Waals surface area (Å²) >= 11 is 0. The summed E-state index contributed by atoms with van der Waals surface area (Å²) in [6.45, 7) is 15.3. The molecule has 2 heterocycles. The summed E-state index contributed by atoms with van der Waals surface area (Å²) in [5.41, 5.74) is 5.56. The summed E-state index contributed by atoms with van der Waals surface area (Å²) in [5.74, 6) is 2.46. The van der Waals surface area contributed by atoms with Crippen LogP contribution in [0, 0.1) is 17.8 Å². The van der Waals surface area contributed by atoms with E-state index in [2.05, 4.69) is 101 Å². The van der Waals surface area contributed by atoms with Crippen molar-refractivity contribution in [2.75, 3.05) is 16.8 Å². The van der Waals surface area contributed by atoms with Crippen LogP contribution in [0.3, 0.4) is 0 Å². The number of benzene rings is 1. The second kappa shape index (κ2) is 8.02. The number of rotatable bonds is 5. The van der Waals surface area contributed by atoms with Crippen molar-refractivity contribution in [3.8, 4) is 0 Å². The molecule has 6 atom stereocenters. The molecule has 1 aromatic carbocycles. The molecule has 3 aliphatic rings. The number of hydrogen-bond donors (Lipinski definition) is 0. The second-order valence-electron chi connectivity index (χ2n) is 9.37. The third-order valence-electron chi connectivity index (χ3n) is 7.49. The van der Waals surface area contributed by atoms with Gasteiger partial charge in [0.15, 0.2) is 0 Å². The minimum atomic E-state index is 0.167. The number of ether oxygens (including phenoxy) is 1. The van der Waals surface area contributed by atoms with E-state index in [1.165, 1.54) is 22.5 Å². The van der Waals surface area contributed by atoms with E-state index in [4.69, 9.17) is 4.74 Å². The van der Waals surface area contributed by atoms with Gasteiger partial charge in [0.2, 0.25) is 0 Å². The smallest absolute Gasteiger partial charge is 0.119 e. The van der Waals surface area contributed by atoms with Gasteiger partial charge in [-0.15, -0.1) is 0 Å². The van der Waals surface area contributed by atoms with Crippen molar-refractivity contribution in [2.24, 2.45) is 17.8 Å². The number of para-hydroxylation sites is 2. The highest BCUT2D eigenvalue weighted by atomic mass is 16.5. The van der Waals surface area contributed by atoms with Crippen LogP contribution in [0.1, 0.15) is 41.0 Å². The largest absolute Gasteiger partial charge is 0.490 e. The lowest BCUT2D eigenvalue weighted by Gasteiger charge is -2.42. The minimum absolute atomic E-state index is 0.167. The molecule has 160 valence electrons. The van der Waals surface area contributed by atoms with Crippen molar-refractivity contribution >= 4 is 11.4 Å². The van der Waals surface area contributed by atoms with Gasteiger partial charge in [-0.1, -0.05) is 56.4 Å². The first-order chi connectivity index (χ1) is 14.3. The molecule has 0 radical (unpaired) electrons. The van der Waals surface area contributed by atoms with Gasteiger partial charge in [-0.3, -0.25) is 0 Å². The van der Waals surface area contributed by atoms with Crippen LogP contribution < -0.4 is 9.80 Å². The van der Waals surface area contributed by atoms with Crippen LogP contribution in [0.25, 0.3) is 0 Å². The molecule has 0 bridgehead atoms. The third-order valence-corrected chi connectivity index (χ3v) is 7.49. The van der Waals surface area contributed by atoms with Crippen molar-refractivity contribution in [1.29, 1.82) is 0 Å². The lowest BCUT2D eigenvalue weighted by atomic mass is 9.80. The standard InChI is InChI=1S/C27H36N2O/c1-8-9-12-17(2)20(5)29-24-14-11-10-13-23(24)28(7)27(29)26-21(6)30-25-16-19(4)18(3)15-22(25)26/h8-14,16-18,20-21,26-27H,1,15H2,2-7H3/b12-9-/t17?,18?,20-,21?,26?,27?/m1/s1. The van der Waals surface area contributed by atoms with Crippen molar-refractivity contribution in [3.63, 3.8) is 0 Å². The number of hydrogen-bond acceptors (Lipinski definition) is 3.